The van der Waals surface area contributed by atoms with Crippen LogP contribution in [0.3, 0.4) is 0 Å². The molecule has 0 fully saturated rings. The molecule has 0 heterocycles. The van der Waals surface area contributed by atoms with Crippen LogP contribution in [0.5, 0.6) is 0 Å². The van der Waals surface area contributed by atoms with Gasteiger partial charge in [0.2, 0.25) is 5.91 Å². The summed E-state index contributed by atoms with van der Waals surface area (Å²) in [6.45, 7) is 3.84. The zero-order valence-electron chi connectivity index (χ0n) is 22.0. The Morgan fingerprint density at radius 2 is 1.45 bits per heavy atom. The van der Waals surface area contributed by atoms with Crippen LogP contribution >= 0.6 is 27.7 Å². The van der Waals surface area contributed by atoms with Crippen molar-refractivity contribution in [3.8, 4) is 0 Å². The third kappa shape index (κ3) is 8.43. The summed E-state index contributed by atoms with van der Waals surface area (Å²) in [6.07, 6.45) is 1.62. The second-order valence-corrected chi connectivity index (χ2v) is 11.4. The van der Waals surface area contributed by atoms with Gasteiger partial charge in [-0.15, -0.1) is 11.8 Å². The van der Waals surface area contributed by atoms with Crippen LogP contribution in [0.15, 0.2) is 118 Å². The number of hydrogen-bond acceptors (Lipinski definition) is 4. The number of carbonyl (C=O) groups is 3. The first-order valence-corrected chi connectivity index (χ1v) is 14.2. The second-order valence-electron chi connectivity index (χ2n) is 9.03. The van der Waals surface area contributed by atoms with E-state index < -0.39 is 5.91 Å². The van der Waals surface area contributed by atoms with Crippen molar-refractivity contribution >= 4 is 62.9 Å². The van der Waals surface area contributed by atoms with Crippen molar-refractivity contribution in [3.05, 3.63) is 130 Å². The monoisotopic (exact) mass is 613 g/mol. The predicted octanol–water partition coefficient (Wildman–Crippen LogP) is 7.29. The molecule has 0 bridgehead atoms. The van der Waals surface area contributed by atoms with E-state index in [9.17, 15) is 14.4 Å². The number of benzene rings is 4. The van der Waals surface area contributed by atoms with Gasteiger partial charge in [0.15, 0.2) is 0 Å². The average Bonchev–Trinajstić information content (AvgIpc) is 2.95. The van der Waals surface area contributed by atoms with Crippen molar-refractivity contribution in [2.45, 2.75) is 24.0 Å². The zero-order valence-corrected chi connectivity index (χ0v) is 24.4. The van der Waals surface area contributed by atoms with Crippen LogP contribution in [0.1, 0.15) is 28.4 Å². The molecule has 0 saturated heterocycles. The molecule has 1 unspecified atom stereocenters. The average molecular weight is 615 g/mol. The lowest BCUT2D eigenvalue weighted by atomic mass is 10.1. The molecule has 0 aromatic heterocycles. The van der Waals surface area contributed by atoms with Crippen LogP contribution in [-0.2, 0) is 9.59 Å². The summed E-state index contributed by atoms with van der Waals surface area (Å²) in [4.78, 5) is 39.6. The number of aryl methyl sites for hydroxylation is 1. The lowest BCUT2D eigenvalue weighted by Gasteiger charge is -2.14. The van der Waals surface area contributed by atoms with Gasteiger partial charge in [-0.3, -0.25) is 14.4 Å². The van der Waals surface area contributed by atoms with Gasteiger partial charge in [0.25, 0.3) is 11.8 Å². The van der Waals surface area contributed by atoms with Gasteiger partial charge in [0.1, 0.15) is 5.70 Å². The van der Waals surface area contributed by atoms with Crippen molar-refractivity contribution in [1.29, 1.82) is 0 Å². The van der Waals surface area contributed by atoms with E-state index in [0.717, 1.165) is 26.2 Å². The molecule has 3 amide bonds. The summed E-state index contributed by atoms with van der Waals surface area (Å²) >= 11 is 4.86. The highest BCUT2D eigenvalue weighted by molar-refractivity contribution is 9.10. The predicted molar refractivity (Wildman–Crippen MR) is 166 cm³/mol. The molecule has 0 saturated carbocycles. The van der Waals surface area contributed by atoms with Crippen molar-refractivity contribution in [2.24, 2.45) is 0 Å². The molecule has 0 aliphatic carbocycles. The van der Waals surface area contributed by atoms with Gasteiger partial charge in [0.05, 0.1) is 5.25 Å². The van der Waals surface area contributed by atoms with Gasteiger partial charge in [-0.25, -0.2) is 0 Å². The van der Waals surface area contributed by atoms with Crippen molar-refractivity contribution in [1.82, 2.24) is 5.32 Å². The summed E-state index contributed by atoms with van der Waals surface area (Å²) in [5.41, 5.74) is 3.73. The van der Waals surface area contributed by atoms with Crippen molar-refractivity contribution in [3.63, 3.8) is 0 Å². The molecule has 4 aromatic rings. The number of nitrogens with one attached hydrogen (secondary N) is 3. The highest BCUT2D eigenvalue weighted by Gasteiger charge is 2.17. The molecule has 4 aromatic carbocycles. The minimum absolute atomic E-state index is 0.0947. The fourth-order valence-corrected chi connectivity index (χ4v) is 4.94. The lowest BCUT2D eigenvalue weighted by Crippen LogP contribution is -2.30. The highest BCUT2D eigenvalue weighted by atomic mass is 79.9. The van der Waals surface area contributed by atoms with Gasteiger partial charge in [0, 0.05) is 26.3 Å². The molecule has 8 heteroatoms. The molecule has 202 valence electrons. The SMILES string of the molecule is Cc1ccc(NC(=O)C(C)Sc2ccc(NC(=O)/C(=C/c3cccc(Br)c3)NC(=O)c3ccccc3)cc2)cc1. The first kappa shape index (κ1) is 28.9. The smallest absolute Gasteiger partial charge is 0.272 e. The molecule has 6 nitrogen and oxygen atoms in total. The Kier molecular flexibility index (Phi) is 9.94. The van der Waals surface area contributed by atoms with Crippen molar-refractivity contribution in [2.75, 3.05) is 10.6 Å². The largest absolute Gasteiger partial charge is 0.325 e. The number of thioether (sulfide) groups is 1. The number of rotatable bonds is 9. The third-order valence-corrected chi connectivity index (χ3v) is 7.41. The Balaban J connectivity index is 1.42. The maximum atomic E-state index is 13.3. The summed E-state index contributed by atoms with van der Waals surface area (Å²) in [5, 5.41) is 8.20. The highest BCUT2D eigenvalue weighted by Crippen LogP contribution is 2.26. The maximum absolute atomic E-state index is 13.3. The Bertz CT molecular complexity index is 1520. The minimum Gasteiger partial charge on any atom is -0.325 e. The topological polar surface area (TPSA) is 87.3 Å². The number of anilines is 2. The van der Waals surface area contributed by atoms with Crippen LogP contribution in [0, 0.1) is 6.92 Å². The molecular weight excluding hydrogens is 586 g/mol. The molecule has 0 aliphatic rings. The molecule has 0 spiro atoms. The Hall–Kier alpha value is -4.14. The normalized spacial score (nSPS) is 11.8. The number of halogens is 1. The Morgan fingerprint density at radius 3 is 2.12 bits per heavy atom. The summed E-state index contributed by atoms with van der Waals surface area (Å²) < 4.78 is 0.852. The summed E-state index contributed by atoms with van der Waals surface area (Å²) in [7, 11) is 0. The molecular formula is C32H28BrN3O3S. The Morgan fingerprint density at radius 1 is 0.800 bits per heavy atom. The standard InChI is InChI=1S/C32H28BrN3O3S/c1-21-11-13-26(14-12-21)34-30(37)22(2)40-28-17-15-27(16-18-28)35-32(39)29(20-23-7-6-10-25(33)19-23)36-31(38)24-8-4-3-5-9-24/h3-20,22H,1-2H3,(H,34,37)(H,35,39)(H,36,38)/b29-20-. The van der Waals surface area contributed by atoms with Gasteiger partial charge < -0.3 is 16.0 Å². The fraction of sp³-hybridized carbons (Fsp3) is 0.0938. The van der Waals surface area contributed by atoms with Gasteiger partial charge in [-0.05, 0) is 86.2 Å². The fourth-order valence-electron chi connectivity index (χ4n) is 3.66. The molecule has 0 radical (unpaired) electrons. The van der Waals surface area contributed by atoms with E-state index in [-0.39, 0.29) is 22.8 Å². The van der Waals surface area contributed by atoms with E-state index in [2.05, 4.69) is 31.9 Å². The summed E-state index contributed by atoms with van der Waals surface area (Å²) in [5.74, 6) is -0.945. The van der Waals surface area contributed by atoms with E-state index in [0.29, 0.717) is 11.3 Å². The van der Waals surface area contributed by atoms with E-state index in [1.807, 2.05) is 80.6 Å². The molecule has 3 N–H and O–H groups in total. The number of amides is 3. The number of carbonyl (C=O) groups excluding carboxylic acids is 3. The van der Waals surface area contributed by atoms with E-state index in [1.165, 1.54) is 11.8 Å². The number of hydrogen-bond donors (Lipinski definition) is 3. The van der Waals surface area contributed by atoms with E-state index in [4.69, 9.17) is 0 Å². The van der Waals surface area contributed by atoms with Crippen LogP contribution in [0.2, 0.25) is 0 Å². The first-order valence-electron chi connectivity index (χ1n) is 12.6. The zero-order chi connectivity index (χ0) is 28.5. The summed E-state index contributed by atoms with van der Waals surface area (Å²) in [6, 6.07) is 31.0. The van der Waals surface area contributed by atoms with Crippen LogP contribution in [-0.4, -0.2) is 23.0 Å². The first-order chi connectivity index (χ1) is 19.3. The molecule has 1 atom stereocenters. The van der Waals surface area contributed by atoms with Crippen LogP contribution < -0.4 is 16.0 Å². The lowest BCUT2D eigenvalue weighted by molar-refractivity contribution is -0.115. The van der Waals surface area contributed by atoms with E-state index in [1.54, 1.807) is 42.5 Å². The van der Waals surface area contributed by atoms with E-state index >= 15 is 0 Å². The van der Waals surface area contributed by atoms with Crippen molar-refractivity contribution < 1.29 is 14.4 Å². The second kappa shape index (κ2) is 13.8. The van der Waals surface area contributed by atoms with Crippen LogP contribution in [0.4, 0.5) is 11.4 Å². The maximum Gasteiger partial charge on any atom is 0.272 e. The Labute approximate surface area is 246 Å². The molecule has 0 aliphatic heterocycles. The third-order valence-electron chi connectivity index (χ3n) is 5.80. The van der Waals surface area contributed by atoms with Gasteiger partial charge in [-0.2, -0.15) is 0 Å². The minimum atomic E-state index is -0.462. The van der Waals surface area contributed by atoms with Crippen LogP contribution in [0.25, 0.3) is 6.08 Å². The van der Waals surface area contributed by atoms with Gasteiger partial charge >= 0.3 is 0 Å². The van der Waals surface area contributed by atoms with Gasteiger partial charge in [-0.1, -0.05) is 64.0 Å². The quantitative estimate of drug-likeness (QED) is 0.137. The molecule has 4 rings (SSSR count). The molecule has 40 heavy (non-hydrogen) atoms.